The number of carbonyl (C=O) groups is 2. The van der Waals surface area contributed by atoms with Crippen LogP contribution in [0.1, 0.15) is 22.3 Å². The highest BCUT2D eigenvalue weighted by molar-refractivity contribution is 5.82. The van der Waals surface area contributed by atoms with Gasteiger partial charge < -0.3 is 15.2 Å². The summed E-state index contributed by atoms with van der Waals surface area (Å²) in [6.45, 7) is 0.131. The van der Waals surface area contributed by atoms with Crippen molar-refractivity contribution in [3.05, 3.63) is 23.3 Å². The van der Waals surface area contributed by atoms with E-state index < -0.39 is 5.91 Å². The van der Waals surface area contributed by atoms with E-state index >= 15 is 0 Å². The molecule has 0 radical (unpaired) electrons. The Morgan fingerprint density at radius 3 is 2.76 bits per heavy atom. The van der Waals surface area contributed by atoms with Crippen molar-refractivity contribution in [3.8, 4) is 23.3 Å². The predicted octanol–water partition coefficient (Wildman–Crippen LogP) is 0.455. The summed E-state index contributed by atoms with van der Waals surface area (Å²) < 4.78 is 10.3. The van der Waals surface area contributed by atoms with Gasteiger partial charge in [0.05, 0.1) is 6.42 Å². The van der Waals surface area contributed by atoms with Crippen molar-refractivity contribution in [1.82, 2.24) is 0 Å². The van der Waals surface area contributed by atoms with Gasteiger partial charge in [0.25, 0.3) is 0 Å². The van der Waals surface area contributed by atoms with Crippen LogP contribution in [-0.4, -0.2) is 19.0 Å². The Kier molecular flexibility index (Phi) is 2.97. The monoisotopic (exact) mass is 231 g/mol. The van der Waals surface area contributed by atoms with E-state index in [1.54, 1.807) is 12.1 Å². The van der Waals surface area contributed by atoms with Crippen LogP contribution in [0.2, 0.25) is 0 Å². The standard InChI is InChI=1S/C12H9NO4/c13-12(15)3-1-2-8-4-10-11(17-7-16-10)5-9(8)6-14/h4-6H,3,7H2,(H2,13,15). The van der Waals surface area contributed by atoms with E-state index in [9.17, 15) is 9.59 Å². The Hall–Kier alpha value is -2.48. The molecule has 1 heterocycles. The van der Waals surface area contributed by atoms with Crippen molar-refractivity contribution in [3.63, 3.8) is 0 Å². The molecule has 0 fully saturated rings. The summed E-state index contributed by atoms with van der Waals surface area (Å²) in [6.07, 6.45) is 0.628. The van der Waals surface area contributed by atoms with Crippen molar-refractivity contribution in [2.45, 2.75) is 6.42 Å². The first-order valence-corrected chi connectivity index (χ1v) is 4.86. The lowest BCUT2D eigenvalue weighted by atomic mass is 10.1. The highest BCUT2D eigenvalue weighted by atomic mass is 16.7. The predicted molar refractivity (Wildman–Crippen MR) is 58.6 cm³/mol. The molecule has 0 saturated heterocycles. The SMILES string of the molecule is NC(=O)CC#Cc1cc2c(cc1C=O)OCO2. The van der Waals surface area contributed by atoms with Crippen molar-refractivity contribution < 1.29 is 19.1 Å². The second-order valence-electron chi connectivity index (χ2n) is 3.36. The maximum atomic E-state index is 10.9. The zero-order chi connectivity index (χ0) is 12.3. The number of hydrogen-bond donors (Lipinski definition) is 1. The smallest absolute Gasteiger partial charge is 0.231 e. The molecule has 17 heavy (non-hydrogen) atoms. The Balaban J connectivity index is 2.34. The first-order chi connectivity index (χ1) is 8.20. The van der Waals surface area contributed by atoms with E-state index in [-0.39, 0.29) is 13.2 Å². The lowest BCUT2D eigenvalue weighted by Crippen LogP contribution is -2.08. The van der Waals surface area contributed by atoms with E-state index in [4.69, 9.17) is 15.2 Å². The van der Waals surface area contributed by atoms with Gasteiger partial charge in [-0.05, 0) is 6.07 Å². The van der Waals surface area contributed by atoms with Crippen molar-refractivity contribution >= 4 is 12.2 Å². The molecule has 1 aromatic carbocycles. The van der Waals surface area contributed by atoms with Gasteiger partial charge in [-0.15, -0.1) is 0 Å². The van der Waals surface area contributed by atoms with E-state index in [0.717, 1.165) is 0 Å². The maximum Gasteiger partial charge on any atom is 0.231 e. The average Bonchev–Trinajstić information content (AvgIpc) is 2.74. The molecule has 1 aliphatic heterocycles. The average molecular weight is 231 g/mol. The minimum absolute atomic E-state index is 0.0489. The minimum atomic E-state index is -0.508. The molecule has 0 aliphatic carbocycles. The third-order valence-corrected chi connectivity index (χ3v) is 2.16. The van der Waals surface area contributed by atoms with Crippen LogP contribution < -0.4 is 15.2 Å². The van der Waals surface area contributed by atoms with Crippen molar-refractivity contribution in [2.75, 3.05) is 6.79 Å². The van der Waals surface area contributed by atoms with Crippen LogP contribution in [0, 0.1) is 11.8 Å². The molecule has 5 nitrogen and oxygen atoms in total. The summed E-state index contributed by atoms with van der Waals surface area (Å²) in [5.41, 5.74) is 5.85. The molecule has 0 aromatic heterocycles. The second kappa shape index (κ2) is 4.58. The molecule has 0 saturated carbocycles. The number of primary amides is 1. The molecule has 2 N–H and O–H groups in total. The molecule has 0 unspecified atom stereocenters. The molecule has 2 rings (SSSR count). The van der Waals surface area contributed by atoms with Crippen LogP contribution in [0.4, 0.5) is 0 Å². The third-order valence-electron chi connectivity index (χ3n) is 2.16. The number of aldehydes is 1. The summed E-state index contributed by atoms with van der Waals surface area (Å²) in [4.78, 5) is 21.4. The third kappa shape index (κ3) is 2.37. The fourth-order valence-electron chi connectivity index (χ4n) is 1.39. The minimum Gasteiger partial charge on any atom is -0.454 e. The number of benzene rings is 1. The zero-order valence-electron chi connectivity index (χ0n) is 8.86. The first kappa shape index (κ1) is 11.0. The maximum absolute atomic E-state index is 10.9. The Labute approximate surface area is 97.5 Å². The fraction of sp³-hybridized carbons (Fsp3) is 0.167. The number of ether oxygens (including phenoxy) is 2. The largest absolute Gasteiger partial charge is 0.454 e. The van der Waals surface area contributed by atoms with Crippen LogP contribution in [0.25, 0.3) is 0 Å². The van der Waals surface area contributed by atoms with Gasteiger partial charge >= 0.3 is 0 Å². The van der Waals surface area contributed by atoms with Gasteiger partial charge in [-0.3, -0.25) is 9.59 Å². The van der Waals surface area contributed by atoms with E-state index in [1.807, 2.05) is 0 Å². The molecular weight excluding hydrogens is 222 g/mol. The molecule has 1 aromatic rings. The summed E-state index contributed by atoms with van der Waals surface area (Å²) >= 11 is 0. The van der Waals surface area contributed by atoms with Gasteiger partial charge in [-0.25, -0.2) is 0 Å². The lowest BCUT2D eigenvalue weighted by molar-refractivity contribution is -0.117. The number of rotatable bonds is 2. The first-order valence-electron chi connectivity index (χ1n) is 4.86. The Morgan fingerprint density at radius 2 is 2.12 bits per heavy atom. The number of amides is 1. The van der Waals surface area contributed by atoms with Gasteiger partial charge in [0.15, 0.2) is 17.8 Å². The molecule has 0 spiro atoms. The van der Waals surface area contributed by atoms with Crippen LogP contribution in [-0.2, 0) is 4.79 Å². The van der Waals surface area contributed by atoms with Gasteiger partial charge in [0, 0.05) is 17.2 Å². The van der Waals surface area contributed by atoms with Gasteiger partial charge in [-0.1, -0.05) is 11.8 Å². The normalized spacial score (nSPS) is 11.5. The quantitative estimate of drug-likeness (QED) is 0.592. The highest BCUT2D eigenvalue weighted by Gasteiger charge is 2.16. The second-order valence-corrected chi connectivity index (χ2v) is 3.36. The molecule has 86 valence electrons. The zero-order valence-corrected chi connectivity index (χ0v) is 8.86. The van der Waals surface area contributed by atoms with Crippen LogP contribution in [0.15, 0.2) is 12.1 Å². The van der Waals surface area contributed by atoms with Crippen LogP contribution in [0.3, 0.4) is 0 Å². The van der Waals surface area contributed by atoms with Crippen LogP contribution >= 0.6 is 0 Å². The molecule has 1 amide bonds. The summed E-state index contributed by atoms with van der Waals surface area (Å²) in [6, 6.07) is 3.17. The van der Waals surface area contributed by atoms with Gasteiger partial charge in [0.2, 0.25) is 12.7 Å². The highest BCUT2D eigenvalue weighted by Crippen LogP contribution is 2.34. The topological polar surface area (TPSA) is 78.6 Å². The fourth-order valence-corrected chi connectivity index (χ4v) is 1.39. The summed E-state index contributed by atoms with van der Waals surface area (Å²) in [7, 11) is 0. The van der Waals surface area contributed by atoms with E-state index in [2.05, 4.69) is 11.8 Å². The van der Waals surface area contributed by atoms with Gasteiger partial charge in [-0.2, -0.15) is 0 Å². The lowest BCUT2D eigenvalue weighted by Gasteiger charge is -2.00. The molecule has 5 heteroatoms. The number of carbonyl (C=O) groups excluding carboxylic acids is 2. The van der Waals surface area contributed by atoms with E-state index in [1.165, 1.54) is 0 Å². The number of fused-ring (bicyclic) bond motifs is 1. The molecule has 0 bridgehead atoms. The summed E-state index contributed by atoms with van der Waals surface area (Å²) in [5, 5.41) is 0. The Morgan fingerprint density at radius 1 is 1.41 bits per heavy atom. The van der Waals surface area contributed by atoms with Crippen LogP contribution in [0.5, 0.6) is 11.5 Å². The summed E-state index contributed by atoms with van der Waals surface area (Å²) in [5.74, 6) is 5.85. The number of hydrogen-bond acceptors (Lipinski definition) is 4. The molecular formula is C12H9NO4. The number of nitrogens with two attached hydrogens (primary N) is 1. The van der Waals surface area contributed by atoms with E-state index in [0.29, 0.717) is 28.9 Å². The van der Waals surface area contributed by atoms with Crippen molar-refractivity contribution in [1.29, 1.82) is 0 Å². The molecule has 1 aliphatic rings. The van der Waals surface area contributed by atoms with Crippen molar-refractivity contribution in [2.24, 2.45) is 5.73 Å². The molecule has 0 atom stereocenters. The van der Waals surface area contributed by atoms with Gasteiger partial charge in [0.1, 0.15) is 0 Å². The Bertz CT molecular complexity index is 539.